The van der Waals surface area contributed by atoms with Crippen molar-refractivity contribution in [3.8, 4) is 5.75 Å². The molecule has 0 fully saturated rings. The Bertz CT molecular complexity index is 811. The number of benzene rings is 2. The highest BCUT2D eigenvalue weighted by atomic mass is 35.5. The Labute approximate surface area is 154 Å². The fraction of sp³-hybridized carbons (Fsp3) is 0.176. The van der Waals surface area contributed by atoms with Gasteiger partial charge >= 0.3 is 5.97 Å². The lowest BCUT2D eigenvalue weighted by Gasteiger charge is -2.15. The molecule has 2 rings (SSSR count). The number of halogens is 2. The van der Waals surface area contributed by atoms with Crippen molar-refractivity contribution >= 4 is 46.5 Å². The molecule has 0 saturated carbocycles. The SMILES string of the molecule is COc1cc(N)c(Cl)cc1C(=O)O[C@@H](C)C(=O)Nc1cccc(Cl)c1. The molecule has 0 aliphatic rings. The highest BCUT2D eigenvalue weighted by Crippen LogP contribution is 2.29. The minimum atomic E-state index is -1.05. The number of hydrogen-bond donors (Lipinski definition) is 2. The molecule has 132 valence electrons. The number of nitrogen functional groups attached to an aromatic ring is 1. The van der Waals surface area contributed by atoms with Crippen LogP contribution in [0.5, 0.6) is 5.75 Å². The Kier molecular flexibility index (Phi) is 6.12. The van der Waals surface area contributed by atoms with Crippen LogP contribution in [0.3, 0.4) is 0 Å². The van der Waals surface area contributed by atoms with Crippen LogP contribution in [0.4, 0.5) is 11.4 Å². The molecule has 0 heterocycles. The lowest BCUT2D eigenvalue weighted by Crippen LogP contribution is -2.30. The van der Waals surface area contributed by atoms with E-state index in [9.17, 15) is 9.59 Å². The molecule has 2 aromatic carbocycles. The van der Waals surface area contributed by atoms with Crippen molar-refractivity contribution in [1.29, 1.82) is 0 Å². The first-order chi connectivity index (χ1) is 11.8. The molecule has 0 aliphatic heterocycles. The maximum atomic E-state index is 12.3. The number of methoxy groups -OCH3 is 1. The smallest absolute Gasteiger partial charge is 0.342 e. The van der Waals surface area contributed by atoms with Crippen LogP contribution in [0.25, 0.3) is 0 Å². The van der Waals surface area contributed by atoms with Gasteiger partial charge in [0.15, 0.2) is 6.10 Å². The summed E-state index contributed by atoms with van der Waals surface area (Å²) in [5.41, 5.74) is 6.51. The molecule has 0 aliphatic carbocycles. The van der Waals surface area contributed by atoms with Gasteiger partial charge in [-0.1, -0.05) is 29.3 Å². The van der Waals surface area contributed by atoms with Gasteiger partial charge in [0.25, 0.3) is 5.91 Å². The van der Waals surface area contributed by atoms with Crippen LogP contribution in [0.15, 0.2) is 36.4 Å². The number of nitrogens with one attached hydrogen (secondary N) is 1. The number of carbonyl (C=O) groups excluding carboxylic acids is 2. The van der Waals surface area contributed by atoms with E-state index in [0.29, 0.717) is 10.7 Å². The van der Waals surface area contributed by atoms with Gasteiger partial charge in [-0.05, 0) is 31.2 Å². The number of anilines is 2. The molecule has 0 bridgehead atoms. The fourth-order valence-corrected chi connectivity index (χ4v) is 2.34. The molecule has 0 spiro atoms. The lowest BCUT2D eigenvalue weighted by atomic mass is 10.2. The van der Waals surface area contributed by atoms with E-state index in [1.807, 2.05) is 0 Å². The van der Waals surface area contributed by atoms with Crippen LogP contribution in [-0.2, 0) is 9.53 Å². The van der Waals surface area contributed by atoms with Crippen molar-refractivity contribution in [3.05, 3.63) is 52.0 Å². The molecule has 25 heavy (non-hydrogen) atoms. The molecule has 0 aromatic heterocycles. The van der Waals surface area contributed by atoms with E-state index in [0.717, 1.165) is 0 Å². The number of rotatable bonds is 5. The van der Waals surface area contributed by atoms with Crippen molar-refractivity contribution in [2.75, 3.05) is 18.2 Å². The number of amides is 1. The summed E-state index contributed by atoms with van der Waals surface area (Å²) in [4.78, 5) is 24.5. The fourth-order valence-electron chi connectivity index (χ4n) is 1.99. The van der Waals surface area contributed by atoms with Gasteiger partial charge in [-0.25, -0.2) is 4.79 Å². The van der Waals surface area contributed by atoms with Gasteiger partial charge in [0, 0.05) is 16.8 Å². The van der Waals surface area contributed by atoms with Gasteiger partial charge in [0.2, 0.25) is 0 Å². The standard InChI is InChI=1S/C17H16Cl2N2O4/c1-9(16(22)21-11-5-3-4-10(18)6-11)25-17(23)12-7-13(19)14(20)8-15(12)24-2/h3-9H,20H2,1-2H3,(H,21,22)/t9-/m0/s1. The van der Waals surface area contributed by atoms with Crippen LogP contribution >= 0.6 is 23.2 Å². The van der Waals surface area contributed by atoms with Crippen molar-refractivity contribution in [3.63, 3.8) is 0 Å². The summed E-state index contributed by atoms with van der Waals surface area (Å²) in [5, 5.41) is 3.27. The van der Waals surface area contributed by atoms with Crippen LogP contribution in [-0.4, -0.2) is 25.1 Å². The Balaban J connectivity index is 2.09. The molecule has 1 atom stereocenters. The van der Waals surface area contributed by atoms with Crippen molar-refractivity contribution in [2.24, 2.45) is 0 Å². The monoisotopic (exact) mass is 382 g/mol. The van der Waals surface area contributed by atoms with Gasteiger partial charge in [-0.2, -0.15) is 0 Å². The molecular weight excluding hydrogens is 367 g/mol. The predicted octanol–water partition coefficient (Wildman–Crippen LogP) is 3.77. The third kappa shape index (κ3) is 4.78. The predicted molar refractivity (Wildman–Crippen MR) is 97.4 cm³/mol. The summed E-state index contributed by atoms with van der Waals surface area (Å²) in [5.74, 6) is -1.06. The Morgan fingerprint density at radius 3 is 2.56 bits per heavy atom. The van der Waals surface area contributed by atoms with Crippen LogP contribution in [0, 0.1) is 0 Å². The van der Waals surface area contributed by atoms with E-state index < -0.39 is 18.0 Å². The highest BCUT2D eigenvalue weighted by Gasteiger charge is 2.22. The van der Waals surface area contributed by atoms with Gasteiger partial charge in [-0.3, -0.25) is 4.79 Å². The summed E-state index contributed by atoms with van der Waals surface area (Å²) < 4.78 is 10.3. The van der Waals surface area contributed by atoms with E-state index in [4.69, 9.17) is 38.4 Å². The maximum Gasteiger partial charge on any atom is 0.342 e. The molecule has 3 N–H and O–H groups in total. The zero-order chi connectivity index (χ0) is 18.6. The summed E-state index contributed by atoms with van der Waals surface area (Å²) >= 11 is 11.8. The average molecular weight is 383 g/mol. The molecule has 2 aromatic rings. The number of hydrogen-bond acceptors (Lipinski definition) is 5. The van der Waals surface area contributed by atoms with Crippen molar-refractivity contribution in [1.82, 2.24) is 0 Å². The van der Waals surface area contributed by atoms with Crippen LogP contribution in [0.1, 0.15) is 17.3 Å². The van der Waals surface area contributed by atoms with Crippen molar-refractivity contribution in [2.45, 2.75) is 13.0 Å². The number of nitrogens with two attached hydrogens (primary N) is 1. The lowest BCUT2D eigenvalue weighted by molar-refractivity contribution is -0.123. The highest BCUT2D eigenvalue weighted by molar-refractivity contribution is 6.33. The minimum Gasteiger partial charge on any atom is -0.496 e. The summed E-state index contributed by atoms with van der Waals surface area (Å²) in [7, 11) is 1.38. The van der Waals surface area contributed by atoms with E-state index in [1.54, 1.807) is 24.3 Å². The molecule has 1 amide bonds. The van der Waals surface area contributed by atoms with Gasteiger partial charge in [0.05, 0.1) is 17.8 Å². The zero-order valence-electron chi connectivity index (χ0n) is 13.5. The molecule has 8 heteroatoms. The Hall–Kier alpha value is -2.44. The van der Waals surface area contributed by atoms with Crippen LogP contribution < -0.4 is 15.8 Å². The first kappa shape index (κ1) is 18.9. The van der Waals surface area contributed by atoms with E-state index in [-0.39, 0.29) is 22.0 Å². The van der Waals surface area contributed by atoms with Gasteiger partial charge in [-0.15, -0.1) is 0 Å². The minimum absolute atomic E-state index is 0.0732. The maximum absolute atomic E-state index is 12.3. The first-order valence-electron chi connectivity index (χ1n) is 7.22. The first-order valence-corrected chi connectivity index (χ1v) is 7.98. The number of carbonyl (C=O) groups is 2. The average Bonchev–Trinajstić information content (AvgIpc) is 2.56. The third-order valence-corrected chi connectivity index (χ3v) is 3.85. The van der Waals surface area contributed by atoms with Gasteiger partial charge in [0.1, 0.15) is 11.3 Å². The quantitative estimate of drug-likeness (QED) is 0.606. The molecule has 0 saturated heterocycles. The number of ether oxygens (including phenoxy) is 2. The number of esters is 1. The summed E-state index contributed by atoms with van der Waals surface area (Å²) in [6, 6.07) is 9.36. The van der Waals surface area contributed by atoms with E-state index >= 15 is 0 Å². The van der Waals surface area contributed by atoms with Crippen molar-refractivity contribution < 1.29 is 19.1 Å². The van der Waals surface area contributed by atoms with E-state index in [2.05, 4.69) is 5.32 Å². The Morgan fingerprint density at radius 2 is 1.92 bits per heavy atom. The second kappa shape index (κ2) is 8.09. The summed E-state index contributed by atoms with van der Waals surface area (Å²) in [6.07, 6.45) is -1.05. The largest absolute Gasteiger partial charge is 0.496 e. The normalized spacial score (nSPS) is 11.5. The van der Waals surface area contributed by atoms with E-state index in [1.165, 1.54) is 26.2 Å². The molecule has 0 radical (unpaired) electrons. The second-order valence-electron chi connectivity index (χ2n) is 5.12. The molecule has 0 unspecified atom stereocenters. The third-order valence-electron chi connectivity index (χ3n) is 3.28. The zero-order valence-corrected chi connectivity index (χ0v) is 15.0. The van der Waals surface area contributed by atoms with Gasteiger partial charge < -0.3 is 20.5 Å². The topological polar surface area (TPSA) is 90.7 Å². The second-order valence-corrected chi connectivity index (χ2v) is 5.96. The Morgan fingerprint density at radius 1 is 1.20 bits per heavy atom. The summed E-state index contributed by atoms with van der Waals surface area (Å²) in [6.45, 7) is 1.45. The molecular formula is C17H16Cl2N2O4. The molecule has 6 nitrogen and oxygen atoms in total. The van der Waals surface area contributed by atoms with Crippen LogP contribution in [0.2, 0.25) is 10.0 Å².